The standard InChI is InChI=1S/C17H9F3O2/c18-17(19,20)11-5-3-4-10(8-11)14-9-15(21)12-6-1-2-7-13(12)16(14)22/h1-9H. The second kappa shape index (κ2) is 4.94. The summed E-state index contributed by atoms with van der Waals surface area (Å²) in [5.41, 5.74) is -0.312. The van der Waals surface area contributed by atoms with Gasteiger partial charge in [0.2, 0.25) is 0 Å². The maximum absolute atomic E-state index is 12.8. The molecule has 2 nitrogen and oxygen atoms in total. The number of hydrogen-bond acceptors (Lipinski definition) is 2. The minimum absolute atomic E-state index is 0.0187. The molecule has 0 bridgehead atoms. The molecule has 0 atom stereocenters. The van der Waals surface area contributed by atoms with Crippen molar-refractivity contribution in [1.29, 1.82) is 0 Å². The summed E-state index contributed by atoms with van der Waals surface area (Å²) in [6.45, 7) is 0. The first-order valence-corrected chi connectivity index (χ1v) is 6.45. The average Bonchev–Trinajstić information content (AvgIpc) is 2.50. The van der Waals surface area contributed by atoms with Crippen molar-refractivity contribution in [3.05, 3.63) is 76.9 Å². The van der Waals surface area contributed by atoms with Crippen LogP contribution in [-0.2, 0) is 6.18 Å². The lowest BCUT2D eigenvalue weighted by atomic mass is 9.86. The highest BCUT2D eigenvalue weighted by molar-refractivity contribution is 6.38. The van der Waals surface area contributed by atoms with Gasteiger partial charge in [-0.2, -0.15) is 13.2 Å². The molecule has 0 saturated heterocycles. The molecule has 1 aliphatic carbocycles. The summed E-state index contributed by atoms with van der Waals surface area (Å²) in [6, 6.07) is 10.7. The number of carbonyl (C=O) groups is 2. The van der Waals surface area contributed by atoms with E-state index in [1.54, 1.807) is 12.1 Å². The van der Waals surface area contributed by atoms with Crippen molar-refractivity contribution in [2.24, 2.45) is 0 Å². The molecular formula is C17H9F3O2. The number of fused-ring (bicyclic) bond motifs is 1. The number of halogens is 3. The normalized spacial score (nSPS) is 14.6. The molecule has 22 heavy (non-hydrogen) atoms. The Labute approximate surface area is 123 Å². The number of Topliss-reactive ketones (excluding diaryl/α,β-unsaturated/α-hetero) is 1. The fraction of sp³-hybridized carbons (Fsp3) is 0.0588. The van der Waals surface area contributed by atoms with Crippen molar-refractivity contribution >= 4 is 17.1 Å². The first-order chi connectivity index (χ1) is 10.4. The Bertz CT molecular complexity index is 817. The average molecular weight is 302 g/mol. The van der Waals surface area contributed by atoms with Crippen molar-refractivity contribution in [1.82, 2.24) is 0 Å². The first kappa shape index (κ1) is 14.3. The second-order valence-electron chi connectivity index (χ2n) is 4.88. The number of ketones is 2. The summed E-state index contributed by atoms with van der Waals surface area (Å²) in [5, 5.41) is 0. The van der Waals surface area contributed by atoms with Gasteiger partial charge < -0.3 is 0 Å². The van der Waals surface area contributed by atoms with Crippen molar-refractivity contribution in [3.63, 3.8) is 0 Å². The summed E-state index contributed by atoms with van der Waals surface area (Å²) >= 11 is 0. The quantitative estimate of drug-likeness (QED) is 0.792. The Morgan fingerprint density at radius 1 is 0.818 bits per heavy atom. The molecule has 0 aromatic heterocycles. The summed E-state index contributed by atoms with van der Waals surface area (Å²) in [6.07, 6.45) is -3.41. The Hall–Kier alpha value is -2.69. The van der Waals surface area contributed by atoms with Gasteiger partial charge in [-0.1, -0.05) is 36.4 Å². The molecule has 0 amide bonds. The van der Waals surface area contributed by atoms with Crippen molar-refractivity contribution < 1.29 is 22.8 Å². The number of alkyl halides is 3. The van der Waals surface area contributed by atoms with E-state index in [9.17, 15) is 22.8 Å². The smallest absolute Gasteiger partial charge is 0.289 e. The molecule has 0 radical (unpaired) electrons. The lowest BCUT2D eigenvalue weighted by Crippen LogP contribution is -2.16. The van der Waals surface area contributed by atoms with E-state index in [2.05, 4.69) is 0 Å². The third-order valence-electron chi connectivity index (χ3n) is 3.46. The summed E-state index contributed by atoms with van der Waals surface area (Å²) in [4.78, 5) is 24.5. The highest BCUT2D eigenvalue weighted by Gasteiger charge is 2.32. The highest BCUT2D eigenvalue weighted by atomic mass is 19.4. The van der Waals surface area contributed by atoms with Crippen LogP contribution in [0.25, 0.3) is 5.57 Å². The molecule has 5 heteroatoms. The molecule has 0 aliphatic heterocycles. The topological polar surface area (TPSA) is 34.1 Å². The van der Waals surface area contributed by atoms with Gasteiger partial charge in [-0.15, -0.1) is 0 Å². The fourth-order valence-electron chi connectivity index (χ4n) is 2.39. The molecule has 0 heterocycles. The second-order valence-corrected chi connectivity index (χ2v) is 4.88. The Morgan fingerprint density at radius 2 is 1.50 bits per heavy atom. The third-order valence-corrected chi connectivity index (χ3v) is 3.46. The zero-order valence-electron chi connectivity index (χ0n) is 11.1. The van der Waals surface area contributed by atoms with Crippen LogP contribution in [0.2, 0.25) is 0 Å². The number of benzene rings is 2. The van der Waals surface area contributed by atoms with Crippen molar-refractivity contribution in [2.75, 3.05) is 0 Å². The number of allylic oxidation sites excluding steroid dienone is 2. The van der Waals surface area contributed by atoms with E-state index in [-0.39, 0.29) is 28.0 Å². The van der Waals surface area contributed by atoms with E-state index in [0.717, 1.165) is 18.2 Å². The molecular weight excluding hydrogens is 293 g/mol. The van der Waals surface area contributed by atoms with E-state index < -0.39 is 17.5 Å². The van der Waals surface area contributed by atoms with E-state index in [1.165, 1.54) is 24.3 Å². The first-order valence-electron chi connectivity index (χ1n) is 6.45. The van der Waals surface area contributed by atoms with Gasteiger partial charge in [0, 0.05) is 16.7 Å². The maximum atomic E-state index is 12.8. The van der Waals surface area contributed by atoms with Gasteiger partial charge in [0.1, 0.15) is 0 Å². The van der Waals surface area contributed by atoms with Gasteiger partial charge in [-0.3, -0.25) is 9.59 Å². The van der Waals surface area contributed by atoms with Gasteiger partial charge >= 0.3 is 6.18 Å². The van der Waals surface area contributed by atoms with Crippen LogP contribution in [0.4, 0.5) is 13.2 Å². The zero-order valence-corrected chi connectivity index (χ0v) is 11.1. The number of rotatable bonds is 1. The van der Waals surface area contributed by atoms with E-state index in [4.69, 9.17) is 0 Å². The lowest BCUT2D eigenvalue weighted by molar-refractivity contribution is -0.137. The molecule has 1 aliphatic rings. The van der Waals surface area contributed by atoms with E-state index in [1.807, 2.05) is 0 Å². The Balaban J connectivity index is 2.11. The minimum atomic E-state index is -4.50. The molecule has 0 unspecified atom stereocenters. The Morgan fingerprint density at radius 3 is 2.18 bits per heavy atom. The molecule has 0 fully saturated rings. The third kappa shape index (κ3) is 2.35. The van der Waals surface area contributed by atoms with Crippen LogP contribution in [0.15, 0.2) is 54.6 Å². The zero-order chi connectivity index (χ0) is 15.9. The largest absolute Gasteiger partial charge is 0.416 e. The summed E-state index contributed by atoms with van der Waals surface area (Å²) in [5.74, 6) is -0.836. The van der Waals surface area contributed by atoms with Crippen LogP contribution in [0.1, 0.15) is 31.8 Å². The van der Waals surface area contributed by atoms with Crippen molar-refractivity contribution in [2.45, 2.75) is 6.18 Å². The lowest BCUT2D eigenvalue weighted by Gasteiger charge is -2.16. The SMILES string of the molecule is O=C1C=C(c2cccc(C(F)(F)F)c2)C(=O)c2ccccc21. The molecule has 0 spiro atoms. The van der Waals surface area contributed by atoms with Crippen molar-refractivity contribution in [3.8, 4) is 0 Å². The molecule has 0 saturated carbocycles. The van der Waals surface area contributed by atoms with Gasteiger partial charge in [0.25, 0.3) is 0 Å². The maximum Gasteiger partial charge on any atom is 0.416 e. The number of hydrogen-bond donors (Lipinski definition) is 0. The van der Waals surface area contributed by atoms with Gasteiger partial charge in [-0.25, -0.2) is 0 Å². The Kier molecular flexibility index (Phi) is 3.20. The van der Waals surface area contributed by atoms with Gasteiger partial charge in [0.15, 0.2) is 11.6 Å². The van der Waals surface area contributed by atoms with Crippen LogP contribution in [0.5, 0.6) is 0 Å². The van der Waals surface area contributed by atoms with E-state index in [0.29, 0.717) is 0 Å². The molecule has 2 aromatic rings. The predicted octanol–water partition coefficient (Wildman–Crippen LogP) is 4.17. The number of carbonyl (C=O) groups excluding carboxylic acids is 2. The van der Waals surface area contributed by atoms with Crippen LogP contribution < -0.4 is 0 Å². The summed E-state index contributed by atoms with van der Waals surface area (Å²) < 4.78 is 38.3. The summed E-state index contributed by atoms with van der Waals surface area (Å²) in [7, 11) is 0. The fourth-order valence-corrected chi connectivity index (χ4v) is 2.39. The predicted molar refractivity (Wildman–Crippen MR) is 74.5 cm³/mol. The van der Waals surface area contributed by atoms with Gasteiger partial charge in [0.05, 0.1) is 5.56 Å². The van der Waals surface area contributed by atoms with Gasteiger partial charge in [-0.05, 0) is 23.8 Å². The van der Waals surface area contributed by atoms with Crippen LogP contribution in [0.3, 0.4) is 0 Å². The van der Waals surface area contributed by atoms with Crippen LogP contribution >= 0.6 is 0 Å². The molecule has 3 rings (SSSR count). The monoisotopic (exact) mass is 302 g/mol. The van der Waals surface area contributed by atoms with Crippen LogP contribution in [0, 0.1) is 0 Å². The molecule has 0 N–H and O–H groups in total. The highest BCUT2D eigenvalue weighted by Crippen LogP contribution is 2.33. The van der Waals surface area contributed by atoms with E-state index >= 15 is 0 Å². The molecule has 110 valence electrons. The minimum Gasteiger partial charge on any atom is -0.289 e. The van der Waals surface area contributed by atoms with Crippen LogP contribution in [-0.4, -0.2) is 11.6 Å². The molecule has 2 aromatic carbocycles.